The van der Waals surface area contributed by atoms with Crippen LogP contribution in [0.3, 0.4) is 0 Å². The number of allylic oxidation sites excluding steroid dienone is 1. The Morgan fingerprint density at radius 2 is 1.68 bits per heavy atom. The van der Waals surface area contributed by atoms with E-state index in [9.17, 15) is 4.79 Å². The van der Waals surface area contributed by atoms with E-state index in [1.807, 2.05) is 60.7 Å². The van der Waals surface area contributed by atoms with Gasteiger partial charge >= 0.3 is 0 Å². The van der Waals surface area contributed by atoms with E-state index in [-0.39, 0.29) is 5.78 Å². The molecular formula is C28H27NO2. The van der Waals surface area contributed by atoms with Crippen LogP contribution in [0.5, 0.6) is 5.75 Å². The second-order valence-corrected chi connectivity index (χ2v) is 7.72. The van der Waals surface area contributed by atoms with Gasteiger partial charge in [0.15, 0.2) is 5.78 Å². The van der Waals surface area contributed by atoms with Crippen LogP contribution < -0.4 is 10.1 Å². The number of unbranched alkanes of at least 4 members (excludes halogenated alkanes) is 1. The molecule has 3 nitrogen and oxygen atoms in total. The highest BCUT2D eigenvalue weighted by Gasteiger charge is 2.26. The lowest BCUT2D eigenvalue weighted by Crippen LogP contribution is -2.16. The third-order valence-corrected chi connectivity index (χ3v) is 5.67. The van der Waals surface area contributed by atoms with Crippen molar-refractivity contribution < 1.29 is 9.53 Å². The van der Waals surface area contributed by atoms with Gasteiger partial charge in [0.25, 0.3) is 0 Å². The van der Waals surface area contributed by atoms with Gasteiger partial charge in [0, 0.05) is 23.4 Å². The zero-order chi connectivity index (χ0) is 21.8. The number of carbonyl (C=O) groups excluding carboxylic acids is 1. The minimum Gasteiger partial charge on any atom is -0.497 e. The Hall–Kier alpha value is -3.59. The van der Waals surface area contributed by atoms with Gasteiger partial charge in [0.05, 0.1) is 7.11 Å². The van der Waals surface area contributed by atoms with Gasteiger partial charge in [-0.1, -0.05) is 68.5 Å². The molecule has 0 saturated heterocycles. The fourth-order valence-electron chi connectivity index (χ4n) is 3.92. The van der Waals surface area contributed by atoms with Crippen molar-refractivity contribution in [2.45, 2.75) is 26.3 Å². The molecule has 0 radical (unpaired) electrons. The highest BCUT2D eigenvalue weighted by molar-refractivity contribution is 6.18. The van der Waals surface area contributed by atoms with E-state index in [4.69, 9.17) is 4.74 Å². The Labute approximate surface area is 184 Å². The van der Waals surface area contributed by atoms with E-state index in [0.29, 0.717) is 6.54 Å². The van der Waals surface area contributed by atoms with Gasteiger partial charge in [-0.3, -0.25) is 4.79 Å². The molecule has 31 heavy (non-hydrogen) atoms. The van der Waals surface area contributed by atoms with Crippen molar-refractivity contribution >= 4 is 17.1 Å². The standard InChI is InChI=1S/C28H27NO2/c1-4-5-8-24-23-9-6-7-10-25(23)28(30)26-16-13-21(17-27(24)26)19(2)29-18-20-11-14-22(31-3)15-12-20/h6-17,29H,2,4-5,18H2,1,3H3/b24-8-. The van der Waals surface area contributed by atoms with Gasteiger partial charge in [-0.25, -0.2) is 0 Å². The van der Waals surface area contributed by atoms with Crippen LogP contribution in [-0.4, -0.2) is 12.9 Å². The molecule has 0 unspecified atom stereocenters. The van der Waals surface area contributed by atoms with Crippen molar-refractivity contribution in [3.8, 4) is 5.75 Å². The molecule has 0 aliphatic heterocycles. The van der Waals surface area contributed by atoms with Crippen LogP contribution in [0.15, 0.2) is 79.4 Å². The van der Waals surface area contributed by atoms with Gasteiger partial charge < -0.3 is 10.1 Å². The molecule has 0 heterocycles. The molecule has 1 aliphatic carbocycles. The number of hydrogen-bond acceptors (Lipinski definition) is 3. The summed E-state index contributed by atoms with van der Waals surface area (Å²) in [5, 5.41) is 3.41. The predicted molar refractivity (Wildman–Crippen MR) is 127 cm³/mol. The average molecular weight is 410 g/mol. The van der Waals surface area contributed by atoms with E-state index in [2.05, 4.69) is 31.0 Å². The van der Waals surface area contributed by atoms with Gasteiger partial charge in [-0.2, -0.15) is 0 Å². The second-order valence-electron chi connectivity index (χ2n) is 7.72. The Kier molecular flexibility index (Phi) is 6.03. The van der Waals surface area contributed by atoms with Crippen molar-refractivity contribution in [3.63, 3.8) is 0 Å². The lowest BCUT2D eigenvalue weighted by atomic mass is 9.80. The number of methoxy groups -OCH3 is 1. The molecule has 1 N–H and O–H groups in total. The molecular weight excluding hydrogens is 382 g/mol. The molecule has 3 heteroatoms. The third-order valence-electron chi connectivity index (χ3n) is 5.67. The monoisotopic (exact) mass is 409 g/mol. The predicted octanol–water partition coefficient (Wildman–Crippen LogP) is 6.23. The Balaban J connectivity index is 1.62. The molecule has 0 spiro atoms. The highest BCUT2D eigenvalue weighted by atomic mass is 16.5. The fraction of sp³-hybridized carbons (Fsp3) is 0.179. The number of hydrogen-bond donors (Lipinski definition) is 1. The van der Waals surface area contributed by atoms with E-state index >= 15 is 0 Å². The van der Waals surface area contributed by atoms with Crippen LogP contribution in [0, 0.1) is 0 Å². The minimum absolute atomic E-state index is 0.0857. The molecule has 0 saturated carbocycles. The molecule has 0 fully saturated rings. The summed E-state index contributed by atoms with van der Waals surface area (Å²) in [6, 6.07) is 21.9. The van der Waals surface area contributed by atoms with Crippen molar-refractivity contribution in [3.05, 3.63) is 113 Å². The van der Waals surface area contributed by atoms with Gasteiger partial charge in [-0.05, 0) is 58.5 Å². The maximum atomic E-state index is 13.1. The summed E-state index contributed by atoms with van der Waals surface area (Å²) in [6.07, 6.45) is 4.28. The first-order valence-corrected chi connectivity index (χ1v) is 10.7. The number of nitrogens with one attached hydrogen (secondary N) is 1. The van der Waals surface area contributed by atoms with Crippen LogP contribution in [0.1, 0.15) is 57.9 Å². The first-order valence-electron chi connectivity index (χ1n) is 10.7. The zero-order valence-corrected chi connectivity index (χ0v) is 18.1. The fourth-order valence-corrected chi connectivity index (χ4v) is 3.92. The molecule has 0 aromatic heterocycles. The number of rotatable bonds is 7. The van der Waals surface area contributed by atoms with E-state index in [1.54, 1.807) is 7.11 Å². The normalized spacial score (nSPS) is 13.5. The lowest BCUT2D eigenvalue weighted by molar-refractivity contribution is 0.103. The summed E-state index contributed by atoms with van der Waals surface area (Å²) in [7, 11) is 1.66. The van der Waals surface area contributed by atoms with E-state index in [1.165, 1.54) is 0 Å². The van der Waals surface area contributed by atoms with Crippen molar-refractivity contribution in [2.24, 2.45) is 0 Å². The molecule has 0 amide bonds. The first-order chi connectivity index (χ1) is 15.1. The van der Waals surface area contributed by atoms with E-state index < -0.39 is 0 Å². The summed E-state index contributed by atoms with van der Waals surface area (Å²) in [5.41, 5.74) is 7.64. The highest BCUT2D eigenvalue weighted by Crippen LogP contribution is 2.37. The lowest BCUT2D eigenvalue weighted by Gasteiger charge is -2.23. The molecule has 0 atom stereocenters. The average Bonchev–Trinajstić information content (AvgIpc) is 2.82. The second kappa shape index (κ2) is 9.05. The Morgan fingerprint density at radius 1 is 0.968 bits per heavy atom. The maximum absolute atomic E-state index is 13.1. The number of ether oxygens (including phenoxy) is 1. The van der Waals surface area contributed by atoms with E-state index in [0.717, 1.165) is 63.2 Å². The number of fused-ring (bicyclic) bond motifs is 2. The first kappa shape index (κ1) is 20.7. The Bertz CT molecular complexity index is 1160. The van der Waals surface area contributed by atoms with Gasteiger partial charge in [0.2, 0.25) is 0 Å². The summed E-state index contributed by atoms with van der Waals surface area (Å²) >= 11 is 0. The number of ketones is 1. The van der Waals surface area contributed by atoms with Crippen LogP contribution >= 0.6 is 0 Å². The maximum Gasteiger partial charge on any atom is 0.194 e. The smallest absolute Gasteiger partial charge is 0.194 e. The molecule has 1 aliphatic rings. The number of carbonyl (C=O) groups is 1. The SMILES string of the molecule is C=C(NCc1ccc(OC)cc1)c1ccc2c(c1)/C(=C\CCC)c1ccccc1C2=O. The topological polar surface area (TPSA) is 38.3 Å². The van der Waals surface area contributed by atoms with Gasteiger partial charge in [0.1, 0.15) is 5.75 Å². The zero-order valence-electron chi connectivity index (χ0n) is 18.1. The van der Waals surface area contributed by atoms with Crippen LogP contribution in [0.4, 0.5) is 0 Å². The molecule has 4 rings (SSSR count). The summed E-state index contributed by atoms with van der Waals surface area (Å²) < 4.78 is 5.22. The van der Waals surface area contributed by atoms with Crippen molar-refractivity contribution in [1.29, 1.82) is 0 Å². The number of benzene rings is 3. The Morgan fingerprint density at radius 3 is 2.39 bits per heavy atom. The van der Waals surface area contributed by atoms with Crippen LogP contribution in [-0.2, 0) is 6.54 Å². The largest absolute Gasteiger partial charge is 0.497 e. The summed E-state index contributed by atoms with van der Waals surface area (Å²) in [5.74, 6) is 0.927. The van der Waals surface area contributed by atoms with Crippen molar-refractivity contribution in [1.82, 2.24) is 5.32 Å². The van der Waals surface area contributed by atoms with Crippen LogP contribution in [0.2, 0.25) is 0 Å². The summed E-state index contributed by atoms with van der Waals surface area (Å²) in [4.78, 5) is 13.1. The summed E-state index contributed by atoms with van der Waals surface area (Å²) in [6.45, 7) is 7.07. The van der Waals surface area contributed by atoms with Gasteiger partial charge in [-0.15, -0.1) is 0 Å². The van der Waals surface area contributed by atoms with Crippen molar-refractivity contribution in [2.75, 3.05) is 7.11 Å². The quantitative estimate of drug-likeness (QED) is 0.393. The molecule has 3 aromatic rings. The molecule has 156 valence electrons. The van der Waals surface area contributed by atoms with Crippen LogP contribution in [0.25, 0.3) is 11.3 Å². The molecule has 3 aromatic carbocycles. The third kappa shape index (κ3) is 4.17. The minimum atomic E-state index is 0.0857. The molecule has 0 bridgehead atoms.